The Hall–Kier alpha value is -0.120. The van der Waals surface area contributed by atoms with Gasteiger partial charge in [-0.2, -0.15) is 0 Å². The van der Waals surface area contributed by atoms with Crippen molar-refractivity contribution in [2.45, 2.75) is 65.5 Å². The molecule has 0 bridgehead atoms. The van der Waals surface area contributed by atoms with Gasteiger partial charge in [-0.1, -0.05) is 27.2 Å². The van der Waals surface area contributed by atoms with Crippen LogP contribution in [0.5, 0.6) is 0 Å². The summed E-state index contributed by atoms with van der Waals surface area (Å²) in [5.74, 6) is 0. The van der Waals surface area contributed by atoms with Crippen LogP contribution in [0.25, 0.3) is 0 Å². The second kappa shape index (κ2) is 9.73. The molecule has 2 unspecified atom stereocenters. The summed E-state index contributed by atoms with van der Waals surface area (Å²) in [7, 11) is 0. The second-order valence-corrected chi connectivity index (χ2v) is 6.03. The topological polar surface area (TPSA) is 18.5 Å². The molecule has 1 aliphatic heterocycles. The average molecular weight is 269 g/mol. The Morgan fingerprint density at radius 2 is 1.68 bits per heavy atom. The molecule has 114 valence electrons. The van der Waals surface area contributed by atoms with E-state index in [0.29, 0.717) is 6.04 Å². The van der Waals surface area contributed by atoms with Crippen molar-refractivity contribution in [1.29, 1.82) is 0 Å². The van der Waals surface area contributed by atoms with Crippen LogP contribution in [0.2, 0.25) is 0 Å². The number of hydrogen-bond acceptors (Lipinski definition) is 3. The fourth-order valence-corrected chi connectivity index (χ4v) is 2.91. The van der Waals surface area contributed by atoms with Gasteiger partial charge in [0.15, 0.2) is 0 Å². The molecule has 1 heterocycles. The second-order valence-electron chi connectivity index (χ2n) is 6.03. The van der Waals surface area contributed by atoms with E-state index in [0.717, 1.165) is 12.6 Å². The van der Waals surface area contributed by atoms with Crippen molar-refractivity contribution in [2.24, 2.45) is 0 Å². The maximum atomic E-state index is 3.71. The summed E-state index contributed by atoms with van der Waals surface area (Å²) in [6.45, 7) is 16.6. The van der Waals surface area contributed by atoms with E-state index in [1.54, 1.807) is 0 Å². The molecule has 0 spiro atoms. The molecule has 0 saturated carbocycles. The highest BCUT2D eigenvalue weighted by molar-refractivity contribution is 4.79. The molecule has 0 aromatic carbocycles. The first kappa shape index (κ1) is 16.9. The summed E-state index contributed by atoms with van der Waals surface area (Å²) in [4.78, 5) is 5.30. The molecule has 3 nitrogen and oxygen atoms in total. The zero-order valence-corrected chi connectivity index (χ0v) is 13.6. The summed E-state index contributed by atoms with van der Waals surface area (Å²) >= 11 is 0. The zero-order chi connectivity index (χ0) is 14.1. The Morgan fingerprint density at radius 1 is 1.00 bits per heavy atom. The minimum Gasteiger partial charge on any atom is -0.313 e. The third kappa shape index (κ3) is 6.24. The van der Waals surface area contributed by atoms with Gasteiger partial charge in [-0.3, -0.25) is 9.80 Å². The average Bonchev–Trinajstić information content (AvgIpc) is 2.45. The Bertz CT molecular complexity index is 212. The van der Waals surface area contributed by atoms with Gasteiger partial charge in [0.05, 0.1) is 0 Å². The first-order chi connectivity index (χ1) is 9.21. The quantitative estimate of drug-likeness (QED) is 0.694. The van der Waals surface area contributed by atoms with Crippen LogP contribution in [0.1, 0.15) is 53.4 Å². The van der Waals surface area contributed by atoms with E-state index in [4.69, 9.17) is 0 Å². The molecule has 0 radical (unpaired) electrons. The van der Waals surface area contributed by atoms with Crippen molar-refractivity contribution in [1.82, 2.24) is 15.1 Å². The Balaban J connectivity index is 2.29. The van der Waals surface area contributed by atoms with Gasteiger partial charge in [0.2, 0.25) is 0 Å². The minimum absolute atomic E-state index is 0.695. The molecular formula is C16H35N3. The predicted molar refractivity (Wildman–Crippen MR) is 84.8 cm³/mol. The van der Waals surface area contributed by atoms with Crippen molar-refractivity contribution < 1.29 is 0 Å². The van der Waals surface area contributed by atoms with Crippen LogP contribution in [-0.2, 0) is 0 Å². The van der Waals surface area contributed by atoms with Crippen molar-refractivity contribution in [3.05, 3.63) is 0 Å². The molecule has 1 aliphatic rings. The standard InChI is InChI=1S/C16H35N3/c1-5-8-16(17-9-6-2)14-18-10-12-19(13-11-18)15(4)7-3/h15-17H,5-14H2,1-4H3. The molecule has 2 atom stereocenters. The third-order valence-electron chi connectivity index (χ3n) is 4.42. The van der Waals surface area contributed by atoms with Gasteiger partial charge >= 0.3 is 0 Å². The highest BCUT2D eigenvalue weighted by Crippen LogP contribution is 2.10. The molecule has 0 aromatic heterocycles. The number of piperazine rings is 1. The molecule has 1 fully saturated rings. The lowest BCUT2D eigenvalue weighted by atomic mass is 10.1. The number of hydrogen-bond donors (Lipinski definition) is 1. The fourth-order valence-electron chi connectivity index (χ4n) is 2.91. The Kier molecular flexibility index (Phi) is 8.67. The predicted octanol–water partition coefficient (Wildman–Crippen LogP) is 2.57. The summed E-state index contributed by atoms with van der Waals surface area (Å²) in [6, 6.07) is 1.45. The van der Waals surface area contributed by atoms with Crippen LogP contribution >= 0.6 is 0 Å². The van der Waals surface area contributed by atoms with Crippen molar-refractivity contribution in [3.8, 4) is 0 Å². The van der Waals surface area contributed by atoms with Crippen LogP contribution in [0, 0.1) is 0 Å². The van der Waals surface area contributed by atoms with E-state index < -0.39 is 0 Å². The van der Waals surface area contributed by atoms with Gasteiger partial charge in [-0.25, -0.2) is 0 Å². The van der Waals surface area contributed by atoms with Crippen LogP contribution in [0.3, 0.4) is 0 Å². The highest BCUT2D eigenvalue weighted by Gasteiger charge is 2.21. The van der Waals surface area contributed by atoms with Crippen molar-refractivity contribution >= 4 is 0 Å². The largest absolute Gasteiger partial charge is 0.313 e. The van der Waals surface area contributed by atoms with Crippen LogP contribution in [-0.4, -0.2) is 61.2 Å². The van der Waals surface area contributed by atoms with Gasteiger partial charge in [0.1, 0.15) is 0 Å². The van der Waals surface area contributed by atoms with Gasteiger partial charge in [-0.05, 0) is 32.7 Å². The van der Waals surface area contributed by atoms with Gasteiger partial charge in [-0.15, -0.1) is 0 Å². The lowest BCUT2D eigenvalue weighted by Gasteiger charge is -2.39. The summed E-state index contributed by atoms with van der Waals surface area (Å²) < 4.78 is 0. The monoisotopic (exact) mass is 269 g/mol. The number of rotatable bonds is 9. The van der Waals surface area contributed by atoms with Crippen LogP contribution in [0.15, 0.2) is 0 Å². The van der Waals surface area contributed by atoms with Crippen molar-refractivity contribution in [2.75, 3.05) is 39.3 Å². The fraction of sp³-hybridized carbons (Fsp3) is 1.00. The van der Waals surface area contributed by atoms with Gasteiger partial charge in [0, 0.05) is 44.8 Å². The van der Waals surface area contributed by atoms with Crippen molar-refractivity contribution in [3.63, 3.8) is 0 Å². The molecule has 0 aliphatic carbocycles. The lowest BCUT2D eigenvalue weighted by Crippen LogP contribution is -2.52. The zero-order valence-electron chi connectivity index (χ0n) is 13.6. The van der Waals surface area contributed by atoms with E-state index in [1.807, 2.05) is 0 Å². The smallest absolute Gasteiger partial charge is 0.0194 e. The first-order valence-electron chi connectivity index (χ1n) is 8.40. The first-order valence-corrected chi connectivity index (χ1v) is 8.40. The highest BCUT2D eigenvalue weighted by atomic mass is 15.3. The summed E-state index contributed by atoms with van der Waals surface area (Å²) in [5, 5.41) is 3.71. The molecule has 0 amide bonds. The summed E-state index contributed by atoms with van der Waals surface area (Å²) in [5.41, 5.74) is 0. The number of nitrogens with zero attached hydrogens (tertiary/aromatic N) is 2. The molecule has 19 heavy (non-hydrogen) atoms. The van der Waals surface area contributed by atoms with E-state index in [-0.39, 0.29) is 0 Å². The van der Waals surface area contributed by atoms with E-state index in [2.05, 4.69) is 42.8 Å². The SMILES string of the molecule is CCCNC(CCC)CN1CCN(C(C)CC)CC1. The maximum absolute atomic E-state index is 3.71. The molecule has 1 rings (SSSR count). The van der Waals surface area contributed by atoms with E-state index in [1.165, 1.54) is 58.4 Å². The van der Waals surface area contributed by atoms with Gasteiger partial charge in [0.25, 0.3) is 0 Å². The Morgan fingerprint density at radius 3 is 2.21 bits per heavy atom. The Labute approximate surface area is 120 Å². The van der Waals surface area contributed by atoms with Crippen LogP contribution in [0.4, 0.5) is 0 Å². The molecule has 0 aromatic rings. The summed E-state index contributed by atoms with van der Waals surface area (Å²) in [6.07, 6.45) is 5.11. The van der Waals surface area contributed by atoms with E-state index >= 15 is 0 Å². The lowest BCUT2D eigenvalue weighted by molar-refractivity contribution is 0.0930. The van der Waals surface area contributed by atoms with E-state index in [9.17, 15) is 0 Å². The number of nitrogens with one attached hydrogen (secondary N) is 1. The van der Waals surface area contributed by atoms with Crippen LogP contribution < -0.4 is 5.32 Å². The van der Waals surface area contributed by atoms with Gasteiger partial charge < -0.3 is 5.32 Å². The molecular weight excluding hydrogens is 234 g/mol. The molecule has 1 saturated heterocycles. The maximum Gasteiger partial charge on any atom is 0.0194 e. The minimum atomic E-state index is 0.695. The molecule has 1 N–H and O–H groups in total. The normalized spacial score (nSPS) is 21.5. The third-order valence-corrected chi connectivity index (χ3v) is 4.42. The molecule has 3 heteroatoms.